The minimum atomic E-state index is -0.217. The van der Waals surface area contributed by atoms with Crippen LogP contribution in [-0.4, -0.2) is 24.3 Å². The number of hydrogen-bond donors (Lipinski definition) is 1. The van der Waals surface area contributed by atoms with Crippen molar-refractivity contribution in [2.75, 3.05) is 6.61 Å². The first kappa shape index (κ1) is 10.2. The van der Waals surface area contributed by atoms with Gasteiger partial charge >= 0.3 is 0 Å². The number of aldehydes is 2. The van der Waals surface area contributed by atoms with Crippen LogP contribution in [0.5, 0.6) is 11.5 Å². The largest absolute Gasteiger partial charge is 0.507 e. The van der Waals surface area contributed by atoms with Crippen molar-refractivity contribution < 1.29 is 19.4 Å². The highest BCUT2D eigenvalue weighted by Gasteiger charge is 2.12. The predicted molar refractivity (Wildman–Crippen MR) is 50.1 cm³/mol. The van der Waals surface area contributed by atoms with Gasteiger partial charge in [0.15, 0.2) is 12.6 Å². The molecule has 0 heterocycles. The Morgan fingerprint density at radius 2 is 1.93 bits per heavy atom. The molecule has 0 aliphatic carbocycles. The molecule has 0 aliphatic rings. The quantitative estimate of drug-likeness (QED) is 0.736. The minimum absolute atomic E-state index is 0.0362. The number of carbonyl (C=O) groups is 2. The number of phenols is 1. The Labute approximate surface area is 81.1 Å². The normalized spacial score (nSPS) is 9.50. The van der Waals surface area contributed by atoms with Crippen LogP contribution in [0.15, 0.2) is 12.1 Å². The maximum absolute atomic E-state index is 10.7. The maximum Gasteiger partial charge on any atom is 0.154 e. The van der Waals surface area contributed by atoms with Gasteiger partial charge in [0.1, 0.15) is 11.5 Å². The van der Waals surface area contributed by atoms with E-state index < -0.39 is 0 Å². The molecule has 0 aromatic heterocycles. The number of benzene rings is 1. The van der Waals surface area contributed by atoms with Crippen molar-refractivity contribution in [1.82, 2.24) is 0 Å². The molecule has 0 saturated carbocycles. The number of aromatic hydroxyl groups is 1. The summed E-state index contributed by atoms with van der Waals surface area (Å²) in [6.07, 6.45) is 0.927. The van der Waals surface area contributed by atoms with Crippen LogP contribution < -0.4 is 4.74 Å². The zero-order chi connectivity index (χ0) is 10.6. The number of ether oxygens (including phenoxy) is 1. The average molecular weight is 194 g/mol. The molecule has 14 heavy (non-hydrogen) atoms. The van der Waals surface area contributed by atoms with Crippen molar-refractivity contribution in [3.05, 3.63) is 23.3 Å². The van der Waals surface area contributed by atoms with E-state index in [-0.39, 0.29) is 16.9 Å². The van der Waals surface area contributed by atoms with Crippen molar-refractivity contribution in [2.45, 2.75) is 6.92 Å². The number of phenolic OH excluding ortho intramolecular Hbond substituents is 1. The summed E-state index contributed by atoms with van der Waals surface area (Å²) in [6.45, 7) is 2.16. The van der Waals surface area contributed by atoms with E-state index in [1.807, 2.05) is 0 Å². The summed E-state index contributed by atoms with van der Waals surface area (Å²) >= 11 is 0. The molecular formula is C10H10O4. The van der Waals surface area contributed by atoms with Crippen molar-refractivity contribution in [3.63, 3.8) is 0 Å². The Morgan fingerprint density at radius 3 is 2.43 bits per heavy atom. The Kier molecular flexibility index (Phi) is 3.23. The van der Waals surface area contributed by atoms with E-state index in [2.05, 4.69) is 0 Å². The van der Waals surface area contributed by atoms with Crippen LogP contribution in [0.25, 0.3) is 0 Å². The van der Waals surface area contributed by atoms with Gasteiger partial charge in [-0.2, -0.15) is 0 Å². The summed E-state index contributed by atoms with van der Waals surface area (Å²) in [5.41, 5.74) is 0.0489. The van der Waals surface area contributed by atoms with E-state index in [4.69, 9.17) is 4.74 Å². The molecule has 74 valence electrons. The number of hydrogen-bond acceptors (Lipinski definition) is 4. The molecule has 1 rings (SSSR count). The molecule has 1 aromatic carbocycles. The van der Waals surface area contributed by atoms with Gasteiger partial charge in [0, 0.05) is 0 Å². The summed E-state index contributed by atoms with van der Waals surface area (Å²) in [4.78, 5) is 21.3. The zero-order valence-corrected chi connectivity index (χ0v) is 7.69. The Balaban J connectivity index is 3.32. The topological polar surface area (TPSA) is 63.6 Å². The standard InChI is InChI=1S/C10H10O4/c1-2-14-10-4-3-9(13)7(5-11)8(10)6-12/h3-6,13H,2H2,1H3. The van der Waals surface area contributed by atoms with Crippen LogP contribution in [0.1, 0.15) is 27.6 Å². The first-order valence-electron chi connectivity index (χ1n) is 4.13. The van der Waals surface area contributed by atoms with E-state index in [1.54, 1.807) is 6.92 Å². The third-order valence-electron chi connectivity index (χ3n) is 1.76. The molecule has 0 spiro atoms. The summed E-state index contributed by atoms with van der Waals surface area (Å²) in [7, 11) is 0. The molecule has 0 fully saturated rings. The van der Waals surface area contributed by atoms with Gasteiger partial charge in [-0.25, -0.2) is 0 Å². The fourth-order valence-electron chi connectivity index (χ4n) is 1.13. The molecule has 0 aliphatic heterocycles. The molecule has 0 atom stereocenters. The van der Waals surface area contributed by atoms with Crippen LogP contribution in [-0.2, 0) is 0 Å². The van der Waals surface area contributed by atoms with E-state index in [9.17, 15) is 14.7 Å². The molecule has 4 heteroatoms. The second kappa shape index (κ2) is 4.41. The summed E-state index contributed by atoms with van der Waals surface area (Å²) in [6, 6.07) is 2.78. The monoisotopic (exact) mass is 194 g/mol. The van der Waals surface area contributed by atoms with Crippen molar-refractivity contribution in [3.8, 4) is 11.5 Å². The Morgan fingerprint density at radius 1 is 1.29 bits per heavy atom. The van der Waals surface area contributed by atoms with Crippen molar-refractivity contribution in [1.29, 1.82) is 0 Å². The third-order valence-corrected chi connectivity index (χ3v) is 1.76. The second-order valence-corrected chi connectivity index (χ2v) is 2.58. The fourth-order valence-corrected chi connectivity index (χ4v) is 1.13. The van der Waals surface area contributed by atoms with E-state index in [0.717, 1.165) is 0 Å². The summed E-state index contributed by atoms with van der Waals surface area (Å²) < 4.78 is 5.12. The van der Waals surface area contributed by atoms with Crippen LogP contribution in [0.2, 0.25) is 0 Å². The molecule has 4 nitrogen and oxygen atoms in total. The smallest absolute Gasteiger partial charge is 0.154 e. The Hall–Kier alpha value is -1.84. The van der Waals surface area contributed by atoms with Gasteiger partial charge in [-0.05, 0) is 19.1 Å². The highest BCUT2D eigenvalue weighted by Crippen LogP contribution is 2.26. The van der Waals surface area contributed by atoms with Crippen molar-refractivity contribution in [2.24, 2.45) is 0 Å². The fraction of sp³-hybridized carbons (Fsp3) is 0.200. The van der Waals surface area contributed by atoms with Gasteiger partial charge < -0.3 is 9.84 Å². The minimum Gasteiger partial charge on any atom is -0.507 e. The number of rotatable bonds is 4. The molecule has 0 saturated heterocycles. The SMILES string of the molecule is CCOc1ccc(O)c(C=O)c1C=O. The molecule has 0 radical (unpaired) electrons. The second-order valence-electron chi connectivity index (χ2n) is 2.58. The van der Waals surface area contributed by atoms with E-state index in [1.165, 1.54) is 12.1 Å². The molecular weight excluding hydrogens is 184 g/mol. The van der Waals surface area contributed by atoms with E-state index in [0.29, 0.717) is 24.9 Å². The van der Waals surface area contributed by atoms with Gasteiger partial charge in [-0.1, -0.05) is 0 Å². The van der Waals surface area contributed by atoms with Crippen molar-refractivity contribution >= 4 is 12.6 Å². The zero-order valence-electron chi connectivity index (χ0n) is 7.69. The van der Waals surface area contributed by atoms with Crippen LogP contribution in [0.4, 0.5) is 0 Å². The third kappa shape index (κ3) is 1.74. The average Bonchev–Trinajstić information content (AvgIpc) is 2.20. The summed E-state index contributed by atoms with van der Waals surface area (Å²) in [5, 5.41) is 9.27. The first-order chi connectivity index (χ1) is 6.74. The van der Waals surface area contributed by atoms with Crippen LogP contribution >= 0.6 is 0 Å². The highest BCUT2D eigenvalue weighted by molar-refractivity contribution is 5.95. The molecule has 1 aromatic rings. The lowest BCUT2D eigenvalue weighted by atomic mass is 10.1. The summed E-state index contributed by atoms with van der Waals surface area (Å²) in [5.74, 6) is 0.0907. The predicted octanol–water partition coefficient (Wildman–Crippen LogP) is 1.42. The van der Waals surface area contributed by atoms with Gasteiger partial charge in [0.05, 0.1) is 17.7 Å². The molecule has 0 amide bonds. The van der Waals surface area contributed by atoms with Crippen LogP contribution in [0.3, 0.4) is 0 Å². The lowest BCUT2D eigenvalue weighted by Crippen LogP contribution is -1.99. The van der Waals surface area contributed by atoms with Gasteiger partial charge in [-0.3, -0.25) is 9.59 Å². The lowest BCUT2D eigenvalue weighted by molar-refractivity contribution is 0.109. The van der Waals surface area contributed by atoms with Gasteiger partial charge in [0.25, 0.3) is 0 Å². The first-order valence-corrected chi connectivity index (χ1v) is 4.13. The van der Waals surface area contributed by atoms with Crippen LogP contribution in [0, 0.1) is 0 Å². The van der Waals surface area contributed by atoms with Gasteiger partial charge in [0.2, 0.25) is 0 Å². The molecule has 0 unspecified atom stereocenters. The molecule has 1 N–H and O–H groups in total. The maximum atomic E-state index is 10.7. The van der Waals surface area contributed by atoms with Gasteiger partial charge in [-0.15, -0.1) is 0 Å². The molecule has 0 bridgehead atoms. The Bertz CT molecular complexity index is 357. The highest BCUT2D eigenvalue weighted by atomic mass is 16.5. The number of carbonyl (C=O) groups excluding carboxylic acids is 2. The van der Waals surface area contributed by atoms with E-state index >= 15 is 0 Å². The lowest BCUT2D eigenvalue weighted by Gasteiger charge is -2.08.